The first-order valence-electron chi connectivity index (χ1n) is 9.29. The van der Waals surface area contributed by atoms with Crippen LogP contribution in [0, 0.1) is 3.57 Å². The molecule has 5 N–H and O–H groups in total. The van der Waals surface area contributed by atoms with E-state index in [1.165, 1.54) is 0 Å². The summed E-state index contributed by atoms with van der Waals surface area (Å²) in [5, 5.41) is 14.9. The quantitative estimate of drug-likeness (QED) is 0.349. The van der Waals surface area contributed by atoms with E-state index in [9.17, 15) is 19.5 Å². The van der Waals surface area contributed by atoms with Gasteiger partial charge in [0.25, 0.3) is 0 Å². The van der Waals surface area contributed by atoms with Crippen LogP contribution in [0.25, 0.3) is 0 Å². The number of primary amides is 1. The van der Waals surface area contributed by atoms with Crippen LogP contribution in [0.2, 0.25) is 0 Å². The van der Waals surface area contributed by atoms with Gasteiger partial charge in [0.15, 0.2) is 0 Å². The van der Waals surface area contributed by atoms with E-state index in [4.69, 9.17) is 10.5 Å². The fourth-order valence-electron chi connectivity index (χ4n) is 2.59. The maximum absolute atomic E-state index is 12.1. The molecule has 0 aliphatic rings. The van der Waals surface area contributed by atoms with Crippen molar-refractivity contribution < 1.29 is 24.2 Å². The summed E-state index contributed by atoms with van der Waals surface area (Å²) in [5.74, 6) is -1.21. The first-order valence-corrected chi connectivity index (χ1v) is 10.4. The molecule has 0 saturated carbocycles. The van der Waals surface area contributed by atoms with Crippen molar-refractivity contribution in [2.45, 2.75) is 31.6 Å². The fourth-order valence-corrected chi connectivity index (χ4v) is 2.95. The van der Waals surface area contributed by atoms with Crippen molar-refractivity contribution in [1.82, 2.24) is 10.6 Å². The molecule has 8 nitrogen and oxygen atoms in total. The molecular formula is C21H24IN3O5. The summed E-state index contributed by atoms with van der Waals surface area (Å²) in [4.78, 5) is 35.5. The Hall–Kier alpha value is -2.66. The van der Waals surface area contributed by atoms with Crippen LogP contribution in [-0.4, -0.2) is 41.7 Å². The average molecular weight is 525 g/mol. The first kappa shape index (κ1) is 23.6. The van der Waals surface area contributed by atoms with Crippen molar-refractivity contribution in [2.24, 2.45) is 5.73 Å². The molecule has 2 aromatic carbocycles. The lowest BCUT2D eigenvalue weighted by Gasteiger charge is -2.17. The van der Waals surface area contributed by atoms with Crippen LogP contribution < -0.4 is 16.4 Å². The van der Waals surface area contributed by atoms with Gasteiger partial charge in [0.05, 0.1) is 12.5 Å². The van der Waals surface area contributed by atoms with Gasteiger partial charge in [-0.15, -0.1) is 0 Å². The molecule has 2 rings (SSSR count). The highest BCUT2D eigenvalue weighted by atomic mass is 127. The van der Waals surface area contributed by atoms with Crippen molar-refractivity contribution in [3.05, 3.63) is 69.3 Å². The van der Waals surface area contributed by atoms with E-state index in [1.54, 1.807) is 0 Å². The van der Waals surface area contributed by atoms with Crippen LogP contribution in [0.4, 0.5) is 4.79 Å². The SMILES string of the molecule is NC(=O)[C@H](Cc1ccc(I)cc1)NC(=O)C[C@H](O)CNC(=O)OCc1ccccc1. The maximum atomic E-state index is 12.1. The number of aliphatic hydroxyl groups excluding tert-OH is 1. The number of alkyl carbamates (subject to hydrolysis) is 1. The van der Waals surface area contributed by atoms with Gasteiger partial charge < -0.3 is 26.2 Å². The van der Waals surface area contributed by atoms with Gasteiger partial charge in [-0.25, -0.2) is 4.79 Å². The summed E-state index contributed by atoms with van der Waals surface area (Å²) >= 11 is 2.17. The Morgan fingerprint density at radius 1 is 1.03 bits per heavy atom. The summed E-state index contributed by atoms with van der Waals surface area (Å²) in [6, 6.07) is 15.7. The second-order valence-electron chi connectivity index (χ2n) is 6.65. The van der Waals surface area contributed by atoms with Crippen molar-refractivity contribution in [1.29, 1.82) is 0 Å². The van der Waals surface area contributed by atoms with E-state index < -0.39 is 30.1 Å². The van der Waals surface area contributed by atoms with E-state index in [-0.39, 0.29) is 26.0 Å². The molecular weight excluding hydrogens is 501 g/mol. The van der Waals surface area contributed by atoms with Gasteiger partial charge in [0.1, 0.15) is 12.6 Å². The van der Waals surface area contributed by atoms with Crippen LogP contribution in [0.1, 0.15) is 17.5 Å². The minimum atomic E-state index is -1.14. The number of hydrogen-bond donors (Lipinski definition) is 4. The van der Waals surface area contributed by atoms with Crippen LogP contribution in [0.5, 0.6) is 0 Å². The number of ether oxygens (including phenoxy) is 1. The third kappa shape index (κ3) is 8.78. The molecule has 3 amide bonds. The summed E-state index contributed by atoms with van der Waals surface area (Å²) in [5.41, 5.74) is 7.06. The molecule has 0 unspecified atom stereocenters. The minimum Gasteiger partial charge on any atom is -0.445 e. The van der Waals surface area contributed by atoms with E-state index in [2.05, 4.69) is 33.2 Å². The molecule has 0 heterocycles. The van der Waals surface area contributed by atoms with Crippen LogP contribution >= 0.6 is 22.6 Å². The first-order chi connectivity index (χ1) is 14.3. The second kappa shape index (κ2) is 12.1. The van der Waals surface area contributed by atoms with Gasteiger partial charge in [-0.3, -0.25) is 9.59 Å². The highest BCUT2D eigenvalue weighted by molar-refractivity contribution is 14.1. The van der Waals surface area contributed by atoms with Crippen molar-refractivity contribution in [2.75, 3.05) is 6.54 Å². The lowest BCUT2D eigenvalue weighted by atomic mass is 10.1. The van der Waals surface area contributed by atoms with Crippen LogP contribution in [-0.2, 0) is 27.4 Å². The van der Waals surface area contributed by atoms with Gasteiger partial charge in [-0.1, -0.05) is 42.5 Å². The second-order valence-corrected chi connectivity index (χ2v) is 7.90. The molecule has 0 aromatic heterocycles. The Labute approximate surface area is 188 Å². The monoisotopic (exact) mass is 525 g/mol. The molecule has 2 atom stereocenters. The summed E-state index contributed by atoms with van der Waals surface area (Å²) in [6.07, 6.45) is -1.89. The lowest BCUT2D eigenvalue weighted by Crippen LogP contribution is -2.47. The molecule has 0 aliphatic carbocycles. The van der Waals surface area contributed by atoms with Crippen molar-refractivity contribution in [3.8, 4) is 0 Å². The van der Waals surface area contributed by atoms with E-state index in [1.807, 2.05) is 54.6 Å². The Morgan fingerprint density at radius 2 is 1.70 bits per heavy atom. The zero-order valence-electron chi connectivity index (χ0n) is 16.2. The highest BCUT2D eigenvalue weighted by Gasteiger charge is 2.20. The largest absolute Gasteiger partial charge is 0.445 e. The number of carbonyl (C=O) groups is 3. The molecule has 160 valence electrons. The van der Waals surface area contributed by atoms with Gasteiger partial charge in [-0.05, 0) is 45.9 Å². The topological polar surface area (TPSA) is 131 Å². The number of benzene rings is 2. The molecule has 0 radical (unpaired) electrons. The number of hydrogen-bond acceptors (Lipinski definition) is 5. The molecule has 0 fully saturated rings. The third-order valence-electron chi connectivity index (χ3n) is 4.15. The van der Waals surface area contributed by atoms with Crippen LogP contribution in [0.3, 0.4) is 0 Å². The molecule has 0 aliphatic heterocycles. The Morgan fingerprint density at radius 3 is 2.33 bits per heavy atom. The lowest BCUT2D eigenvalue weighted by molar-refractivity contribution is -0.128. The van der Waals surface area contributed by atoms with Gasteiger partial charge >= 0.3 is 6.09 Å². The van der Waals surface area contributed by atoms with Gasteiger partial charge in [0, 0.05) is 16.5 Å². The summed E-state index contributed by atoms with van der Waals surface area (Å²) in [6.45, 7) is -0.0680. The molecule has 0 saturated heterocycles. The Kier molecular flexibility index (Phi) is 9.55. The smallest absolute Gasteiger partial charge is 0.407 e. The zero-order valence-corrected chi connectivity index (χ0v) is 18.4. The predicted molar refractivity (Wildman–Crippen MR) is 119 cm³/mol. The average Bonchev–Trinajstić information content (AvgIpc) is 2.72. The number of amides is 3. The standard InChI is InChI=1S/C21H24IN3O5/c22-16-8-6-14(7-9-16)10-18(20(23)28)25-19(27)11-17(26)12-24-21(29)30-13-15-4-2-1-3-5-15/h1-9,17-18,26H,10-13H2,(H2,23,28)(H,24,29)(H,25,27)/t17-,18-/m0/s1. The normalized spacial score (nSPS) is 12.5. The Bertz CT molecular complexity index is 845. The minimum absolute atomic E-state index is 0.0993. The maximum Gasteiger partial charge on any atom is 0.407 e. The number of nitrogens with one attached hydrogen (secondary N) is 2. The molecule has 0 bridgehead atoms. The molecule has 2 aromatic rings. The summed E-state index contributed by atoms with van der Waals surface area (Å²) < 4.78 is 6.08. The van der Waals surface area contributed by atoms with Crippen molar-refractivity contribution >= 4 is 40.5 Å². The van der Waals surface area contributed by atoms with Gasteiger partial charge in [0.2, 0.25) is 11.8 Å². The van der Waals surface area contributed by atoms with Crippen LogP contribution in [0.15, 0.2) is 54.6 Å². The number of rotatable bonds is 10. The molecule has 9 heteroatoms. The van der Waals surface area contributed by atoms with E-state index in [0.717, 1.165) is 14.7 Å². The number of carbonyl (C=O) groups excluding carboxylic acids is 3. The highest BCUT2D eigenvalue weighted by Crippen LogP contribution is 2.09. The Balaban J connectivity index is 1.73. The van der Waals surface area contributed by atoms with E-state index >= 15 is 0 Å². The third-order valence-corrected chi connectivity index (χ3v) is 4.87. The van der Waals surface area contributed by atoms with Crippen molar-refractivity contribution in [3.63, 3.8) is 0 Å². The summed E-state index contributed by atoms with van der Waals surface area (Å²) in [7, 11) is 0. The van der Waals surface area contributed by atoms with Gasteiger partial charge in [-0.2, -0.15) is 0 Å². The number of halogens is 1. The molecule has 0 spiro atoms. The molecule has 30 heavy (non-hydrogen) atoms. The number of nitrogens with two attached hydrogens (primary N) is 1. The zero-order chi connectivity index (χ0) is 21.9. The number of aliphatic hydroxyl groups is 1. The van der Waals surface area contributed by atoms with E-state index in [0.29, 0.717) is 0 Å². The predicted octanol–water partition coefficient (Wildman–Crippen LogP) is 1.48. The fraction of sp³-hybridized carbons (Fsp3) is 0.286.